The summed E-state index contributed by atoms with van der Waals surface area (Å²) in [6, 6.07) is 9.78. The number of hydrogen-bond donors (Lipinski definition) is 3. The zero-order valence-corrected chi connectivity index (χ0v) is 29.7. The van der Waals surface area contributed by atoms with Crippen molar-refractivity contribution in [2.75, 3.05) is 39.3 Å². The number of anilines is 1. The highest BCUT2D eigenvalue weighted by Crippen LogP contribution is 2.46. The molecule has 0 amide bonds. The van der Waals surface area contributed by atoms with E-state index in [1.54, 1.807) is 33.5 Å². The van der Waals surface area contributed by atoms with Crippen molar-refractivity contribution < 1.29 is 43.8 Å². The molecule has 15 heteroatoms. The number of unbranched alkanes of at least 4 members (excludes halogenated alkanes) is 2. The molecule has 2 aromatic rings. The maximum Gasteiger partial charge on any atom is 0.500 e. The first-order valence-electron chi connectivity index (χ1n) is 15.0. The van der Waals surface area contributed by atoms with E-state index in [1.807, 2.05) is 20.8 Å². The summed E-state index contributed by atoms with van der Waals surface area (Å²) < 4.78 is 87.0. The van der Waals surface area contributed by atoms with Crippen molar-refractivity contribution >= 4 is 46.3 Å². The van der Waals surface area contributed by atoms with Crippen molar-refractivity contribution in [2.24, 2.45) is 0 Å². The number of hydrogen-bond acceptors (Lipinski definition) is 9. The van der Waals surface area contributed by atoms with E-state index >= 15 is 0 Å². The first kappa shape index (κ1) is 36.0. The highest BCUT2D eigenvalue weighted by Gasteiger charge is 2.50. The molecule has 2 atom stereocenters. The Morgan fingerprint density at radius 1 is 0.978 bits per heavy atom. The van der Waals surface area contributed by atoms with E-state index in [-0.39, 0.29) is 21.9 Å². The van der Waals surface area contributed by atoms with Crippen molar-refractivity contribution in [2.45, 2.75) is 79.8 Å². The number of nitrogens with one attached hydrogen (secondary N) is 1. The monoisotopic (exact) mass is 694 g/mol. The van der Waals surface area contributed by atoms with E-state index in [0.29, 0.717) is 32.0 Å². The Bertz CT molecular complexity index is 1740. The zero-order chi connectivity index (χ0) is 34.1. The molecule has 2 aromatic carbocycles. The molecule has 0 aliphatic carbocycles. The van der Waals surface area contributed by atoms with Gasteiger partial charge in [-0.25, -0.2) is 4.58 Å². The fourth-order valence-electron chi connectivity index (χ4n) is 6.53. The highest BCUT2D eigenvalue weighted by molar-refractivity contribution is 7.86. The van der Waals surface area contributed by atoms with Gasteiger partial charge in [-0.3, -0.25) is 14.4 Å². The molecular weight excluding hydrogens is 651 g/mol. The van der Waals surface area contributed by atoms with Crippen LogP contribution in [0, 0.1) is 12.3 Å². The van der Waals surface area contributed by atoms with Crippen molar-refractivity contribution in [1.82, 2.24) is 5.32 Å². The summed E-state index contributed by atoms with van der Waals surface area (Å²) in [6.45, 7) is 7.15. The molecule has 4 rings (SSSR count). The van der Waals surface area contributed by atoms with E-state index in [9.17, 15) is 25.9 Å². The molecule has 2 aliphatic heterocycles. The molecule has 2 heterocycles. The zero-order valence-electron chi connectivity index (χ0n) is 27.1. The Labute approximate surface area is 273 Å². The van der Waals surface area contributed by atoms with Crippen LogP contribution >= 0.6 is 0 Å². The summed E-state index contributed by atoms with van der Waals surface area (Å²) in [4.78, 5) is 1.81. The van der Waals surface area contributed by atoms with Gasteiger partial charge >= 0.3 is 8.80 Å². The average molecular weight is 695 g/mol. The molecule has 12 nitrogen and oxygen atoms in total. The minimum atomic E-state index is -4.44. The molecular formula is C31H44N3O9S2Si+. The van der Waals surface area contributed by atoms with Crippen LogP contribution < -0.4 is 10.2 Å². The van der Waals surface area contributed by atoms with E-state index in [1.165, 1.54) is 24.3 Å². The second kappa shape index (κ2) is 13.7. The topological polar surface area (TPSA) is 155 Å². The Morgan fingerprint density at radius 2 is 1.59 bits per heavy atom. The third-order valence-electron chi connectivity index (χ3n) is 9.07. The number of benzene rings is 2. The van der Waals surface area contributed by atoms with Gasteiger partial charge in [-0.15, -0.1) is 12.3 Å². The lowest BCUT2D eigenvalue weighted by molar-refractivity contribution is -0.441. The highest BCUT2D eigenvalue weighted by atomic mass is 32.2. The maximum atomic E-state index is 12.1. The molecule has 3 N–H and O–H groups in total. The minimum absolute atomic E-state index is 0.179. The molecule has 0 aromatic heterocycles. The van der Waals surface area contributed by atoms with Crippen LogP contribution in [-0.4, -0.2) is 85.7 Å². The SMILES string of the molecule is C#CCCCC[N+]1=C(NC2N(CCC[Si](OC)(OC)OC)c3ccc(S(=O)(=O)O)cc3C2(C)C)C(C)c2cc(S(=O)(=O)O)ccc21. The van der Waals surface area contributed by atoms with E-state index in [0.717, 1.165) is 41.2 Å². The fourth-order valence-corrected chi connectivity index (χ4v) is 9.25. The summed E-state index contributed by atoms with van der Waals surface area (Å²) in [5.74, 6) is 3.24. The molecule has 0 bridgehead atoms. The third kappa shape index (κ3) is 7.04. The van der Waals surface area contributed by atoms with E-state index < -0.39 is 34.5 Å². The summed E-state index contributed by atoms with van der Waals surface area (Å²) >= 11 is 0. The van der Waals surface area contributed by atoms with Crippen LogP contribution in [0.3, 0.4) is 0 Å². The van der Waals surface area contributed by atoms with E-state index in [4.69, 9.17) is 19.7 Å². The van der Waals surface area contributed by atoms with Crippen molar-refractivity contribution in [3.05, 3.63) is 47.5 Å². The van der Waals surface area contributed by atoms with E-state index in [2.05, 4.69) is 20.7 Å². The van der Waals surface area contributed by atoms with Crippen LogP contribution in [0.25, 0.3) is 0 Å². The van der Waals surface area contributed by atoms with Gasteiger partial charge in [0.05, 0.1) is 27.7 Å². The van der Waals surface area contributed by atoms with Gasteiger partial charge in [-0.05, 0) is 82.0 Å². The van der Waals surface area contributed by atoms with Crippen molar-refractivity contribution in [1.29, 1.82) is 0 Å². The van der Waals surface area contributed by atoms with Gasteiger partial charge in [0.15, 0.2) is 6.17 Å². The van der Waals surface area contributed by atoms with Crippen molar-refractivity contribution in [3.8, 4) is 12.3 Å². The Hall–Kier alpha value is -2.81. The third-order valence-corrected chi connectivity index (χ3v) is 13.6. The quantitative estimate of drug-likeness (QED) is 0.0860. The lowest BCUT2D eigenvalue weighted by Crippen LogP contribution is -2.56. The van der Waals surface area contributed by atoms with Crippen LogP contribution in [0.4, 0.5) is 11.4 Å². The van der Waals surface area contributed by atoms with Gasteiger partial charge in [-0.2, -0.15) is 16.8 Å². The number of amidine groups is 1. The number of nitrogens with zero attached hydrogens (tertiary/aromatic N) is 2. The Kier molecular flexibility index (Phi) is 10.8. The normalized spacial score (nSPS) is 19.2. The smallest absolute Gasteiger partial charge is 0.377 e. The van der Waals surface area contributed by atoms with Gasteiger partial charge in [0.1, 0.15) is 5.69 Å². The summed E-state index contributed by atoms with van der Waals surface area (Å²) in [7, 11) is -7.03. The van der Waals surface area contributed by atoms with Crippen LogP contribution in [0.5, 0.6) is 0 Å². The molecule has 2 unspecified atom stereocenters. The fraction of sp³-hybridized carbons (Fsp3) is 0.516. The number of fused-ring (bicyclic) bond motifs is 2. The molecule has 2 aliphatic rings. The first-order valence-corrected chi connectivity index (χ1v) is 19.9. The second-order valence-electron chi connectivity index (χ2n) is 12.1. The summed E-state index contributed by atoms with van der Waals surface area (Å²) in [6.07, 6.45) is 7.96. The van der Waals surface area contributed by atoms with Gasteiger partial charge in [0.25, 0.3) is 26.1 Å². The first-order chi connectivity index (χ1) is 21.5. The molecule has 0 spiro atoms. The predicted octanol–water partition coefficient (Wildman–Crippen LogP) is 4.12. The largest absolute Gasteiger partial charge is 0.500 e. The maximum absolute atomic E-state index is 12.1. The molecule has 252 valence electrons. The number of terminal acetylenes is 1. The van der Waals surface area contributed by atoms with Gasteiger partial charge < -0.3 is 18.2 Å². The minimum Gasteiger partial charge on any atom is -0.377 e. The van der Waals surface area contributed by atoms with Crippen LogP contribution in [0.2, 0.25) is 6.04 Å². The molecule has 0 saturated carbocycles. The standard InChI is InChI=1S/C31H43N3O9S2Si/c1-8-9-10-11-17-33-27-15-13-23(44(35,36)37)20-25(27)22(2)29(33)32-30-31(3,4)26-21-24(45(38,39)40)14-16-28(26)34(30)18-12-19-46(41-5,42-6)43-7/h1,13-16,20-22,30H,9-12,17-19H2,2-7H3,(H2,35,36,37,38,39,40)/p+1. The summed E-state index contributed by atoms with van der Waals surface area (Å²) in [5.41, 5.74) is 2.47. The molecule has 0 saturated heterocycles. The van der Waals surface area contributed by atoms with Gasteiger partial charge in [-0.1, -0.05) is 0 Å². The second-order valence-corrected chi connectivity index (χ2v) is 18.1. The van der Waals surface area contributed by atoms with Crippen LogP contribution in [-0.2, 0) is 38.9 Å². The lowest BCUT2D eigenvalue weighted by Gasteiger charge is -2.33. The molecule has 0 radical (unpaired) electrons. The van der Waals surface area contributed by atoms with Crippen molar-refractivity contribution in [3.63, 3.8) is 0 Å². The number of rotatable bonds is 14. The Morgan fingerprint density at radius 3 is 2.17 bits per heavy atom. The molecule has 0 fully saturated rings. The lowest BCUT2D eigenvalue weighted by atomic mass is 9.83. The van der Waals surface area contributed by atoms with Crippen LogP contribution in [0.1, 0.15) is 63.5 Å². The Balaban J connectivity index is 1.79. The predicted molar refractivity (Wildman–Crippen MR) is 177 cm³/mol. The van der Waals surface area contributed by atoms with Gasteiger partial charge in [0, 0.05) is 51.6 Å². The average Bonchev–Trinajstić information content (AvgIpc) is 3.38. The van der Waals surface area contributed by atoms with Gasteiger partial charge in [0.2, 0.25) is 0 Å². The summed E-state index contributed by atoms with van der Waals surface area (Å²) in [5, 5.41) is 3.78. The van der Waals surface area contributed by atoms with Crippen LogP contribution in [0.15, 0.2) is 46.2 Å². The molecule has 46 heavy (non-hydrogen) atoms.